The number of anilines is 1. The quantitative estimate of drug-likeness (QED) is 0.608. The van der Waals surface area contributed by atoms with Crippen molar-refractivity contribution in [3.8, 4) is 0 Å². The van der Waals surface area contributed by atoms with Crippen molar-refractivity contribution in [2.75, 3.05) is 18.4 Å². The molecule has 0 spiro atoms. The number of hydrogen-bond donors (Lipinski definition) is 2. The van der Waals surface area contributed by atoms with Gasteiger partial charge in [-0.05, 0) is 36.9 Å². The molecule has 0 atom stereocenters. The van der Waals surface area contributed by atoms with Gasteiger partial charge in [0, 0.05) is 5.02 Å². The van der Waals surface area contributed by atoms with Gasteiger partial charge in [-0.3, -0.25) is 14.5 Å². The molecule has 1 amide bonds. The van der Waals surface area contributed by atoms with Gasteiger partial charge in [0.05, 0.1) is 35.2 Å². The molecule has 10 heteroatoms. The van der Waals surface area contributed by atoms with Crippen molar-refractivity contribution in [3.63, 3.8) is 0 Å². The van der Waals surface area contributed by atoms with Crippen molar-refractivity contribution in [1.29, 1.82) is 0 Å². The van der Waals surface area contributed by atoms with Crippen molar-refractivity contribution in [2.24, 2.45) is 0 Å². The maximum atomic E-state index is 13.1. The van der Waals surface area contributed by atoms with E-state index in [9.17, 15) is 22.8 Å². The summed E-state index contributed by atoms with van der Waals surface area (Å²) in [6.07, 6.45) is -4.58. The predicted octanol–water partition coefficient (Wildman–Crippen LogP) is 4.06. The topological polar surface area (TPSA) is 78.1 Å². The molecule has 2 N–H and O–H groups in total. The lowest BCUT2D eigenvalue weighted by Crippen LogP contribution is -2.34. The summed E-state index contributed by atoms with van der Waals surface area (Å²) in [6.45, 7) is 2.14. The molecule has 2 aromatic carbocycles. The Balaban J connectivity index is 1.74. The Bertz CT molecular complexity index is 1130. The number of H-pyrrole nitrogens is 1. The summed E-state index contributed by atoms with van der Waals surface area (Å²) in [7, 11) is 0. The van der Waals surface area contributed by atoms with Crippen LogP contribution < -0.4 is 10.9 Å². The summed E-state index contributed by atoms with van der Waals surface area (Å²) in [4.78, 5) is 33.2. The van der Waals surface area contributed by atoms with Crippen LogP contribution in [-0.4, -0.2) is 33.9 Å². The van der Waals surface area contributed by atoms with E-state index in [1.165, 1.54) is 18.2 Å². The van der Waals surface area contributed by atoms with E-state index in [0.29, 0.717) is 28.3 Å². The first-order chi connectivity index (χ1) is 14.2. The lowest BCUT2D eigenvalue weighted by atomic mass is 10.1. The highest BCUT2D eigenvalue weighted by Crippen LogP contribution is 2.34. The largest absolute Gasteiger partial charge is 0.418 e. The van der Waals surface area contributed by atoms with Crippen LogP contribution in [0.1, 0.15) is 18.3 Å². The van der Waals surface area contributed by atoms with Crippen molar-refractivity contribution in [3.05, 3.63) is 69.2 Å². The van der Waals surface area contributed by atoms with Crippen molar-refractivity contribution >= 4 is 34.1 Å². The van der Waals surface area contributed by atoms with Crippen LogP contribution in [0.15, 0.2) is 47.3 Å². The second-order valence-corrected chi connectivity index (χ2v) is 7.01. The molecule has 30 heavy (non-hydrogen) atoms. The Hall–Kier alpha value is -2.91. The summed E-state index contributed by atoms with van der Waals surface area (Å²) in [6, 6.07) is 9.48. The summed E-state index contributed by atoms with van der Waals surface area (Å²) < 4.78 is 39.3. The number of para-hydroxylation sites is 1. The molecule has 158 valence electrons. The fourth-order valence-electron chi connectivity index (χ4n) is 2.96. The Labute approximate surface area is 174 Å². The van der Waals surface area contributed by atoms with Gasteiger partial charge in [-0.15, -0.1) is 0 Å². The molecule has 1 heterocycles. The molecule has 0 bridgehead atoms. The Morgan fingerprint density at radius 3 is 2.67 bits per heavy atom. The molecule has 0 saturated carbocycles. The first kappa shape index (κ1) is 21.8. The van der Waals surface area contributed by atoms with Crippen molar-refractivity contribution < 1.29 is 18.0 Å². The fraction of sp³-hybridized carbons (Fsp3) is 0.250. The van der Waals surface area contributed by atoms with Gasteiger partial charge in [-0.2, -0.15) is 13.2 Å². The molecular formula is C20H18ClF3N4O2. The number of aromatic amines is 1. The summed E-state index contributed by atoms with van der Waals surface area (Å²) in [5.41, 5.74) is -1.15. The molecule has 0 aliphatic heterocycles. The first-order valence-corrected chi connectivity index (χ1v) is 9.42. The number of amides is 1. The monoisotopic (exact) mass is 438 g/mol. The highest BCUT2D eigenvalue weighted by molar-refractivity contribution is 6.31. The number of nitrogens with zero attached hydrogens (tertiary/aromatic N) is 2. The summed E-state index contributed by atoms with van der Waals surface area (Å²) in [5.74, 6) is -0.292. The minimum Gasteiger partial charge on any atom is -0.324 e. The van der Waals surface area contributed by atoms with Crippen LogP contribution >= 0.6 is 11.6 Å². The third-order valence-corrected chi connectivity index (χ3v) is 4.65. The minimum absolute atomic E-state index is 0.128. The number of nitrogens with one attached hydrogen (secondary N) is 2. The number of hydrogen-bond acceptors (Lipinski definition) is 4. The average Bonchev–Trinajstić information content (AvgIpc) is 2.66. The van der Waals surface area contributed by atoms with Gasteiger partial charge < -0.3 is 10.3 Å². The SMILES string of the molecule is CCN(CC(=O)Nc1ccccc1C(F)(F)F)Cc1nc2cc(Cl)ccc2c(=O)[nH]1. The molecule has 0 unspecified atom stereocenters. The van der Waals surface area contributed by atoms with E-state index in [2.05, 4.69) is 15.3 Å². The van der Waals surface area contributed by atoms with Gasteiger partial charge in [0.15, 0.2) is 0 Å². The van der Waals surface area contributed by atoms with E-state index in [1.807, 2.05) is 0 Å². The first-order valence-electron chi connectivity index (χ1n) is 9.04. The van der Waals surface area contributed by atoms with Crippen LogP contribution in [0.4, 0.5) is 18.9 Å². The smallest absolute Gasteiger partial charge is 0.324 e. The third kappa shape index (κ3) is 5.17. The van der Waals surface area contributed by atoms with Crippen molar-refractivity contribution in [2.45, 2.75) is 19.6 Å². The molecule has 0 saturated heterocycles. The second kappa shape index (κ2) is 8.85. The van der Waals surface area contributed by atoms with E-state index in [0.717, 1.165) is 6.07 Å². The van der Waals surface area contributed by atoms with Gasteiger partial charge in [0.2, 0.25) is 5.91 Å². The molecule has 3 aromatic rings. The molecule has 0 radical (unpaired) electrons. The van der Waals surface area contributed by atoms with E-state index in [1.54, 1.807) is 30.0 Å². The fourth-order valence-corrected chi connectivity index (χ4v) is 3.13. The van der Waals surface area contributed by atoms with Crippen LogP contribution in [0, 0.1) is 0 Å². The van der Waals surface area contributed by atoms with Gasteiger partial charge >= 0.3 is 6.18 Å². The normalized spacial score (nSPS) is 11.8. The van der Waals surface area contributed by atoms with Crippen LogP contribution in [0.25, 0.3) is 10.9 Å². The number of rotatable bonds is 6. The molecule has 6 nitrogen and oxygen atoms in total. The Kier molecular flexibility index (Phi) is 6.42. The standard InChI is InChI=1S/C20H18ClF3N4O2/c1-2-28(10-17-25-16-9-12(21)7-8-13(16)19(30)27-17)11-18(29)26-15-6-4-3-5-14(15)20(22,23)24/h3-9H,2,10-11H2,1H3,(H,26,29)(H,25,27,30). The lowest BCUT2D eigenvalue weighted by Gasteiger charge is -2.20. The van der Waals surface area contributed by atoms with Gasteiger partial charge in [-0.25, -0.2) is 4.98 Å². The van der Waals surface area contributed by atoms with Gasteiger partial charge in [0.25, 0.3) is 5.56 Å². The number of alkyl halides is 3. The van der Waals surface area contributed by atoms with Gasteiger partial charge in [-0.1, -0.05) is 30.7 Å². The minimum atomic E-state index is -4.58. The molecule has 3 rings (SSSR count). The maximum absolute atomic E-state index is 13.1. The zero-order valence-corrected chi connectivity index (χ0v) is 16.6. The Morgan fingerprint density at radius 1 is 1.23 bits per heavy atom. The molecule has 1 aromatic heterocycles. The zero-order chi connectivity index (χ0) is 21.9. The van der Waals surface area contributed by atoms with Gasteiger partial charge in [0.1, 0.15) is 5.82 Å². The van der Waals surface area contributed by atoms with E-state index >= 15 is 0 Å². The van der Waals surface area contributed by atoms with Crippen LogP contribution in [0.5, 0.6) is 0 Å². The maximum Gasteiger partial charge on any atom is 0.418 e. The number of fused-ring (bicyclic) bond motifs is 1. The molecule has 0 fully saturated rings. The Morgan fingerprint density at radius 2 is 1.97 bits per heavy atom. The second-order valence-electron chi connectivity index (χ2n) is 6.57. The zero-order valence-electron chi connectivity index (χ0n) is 15.9. The number of benzene rings is 2. The highest BCUT2D eigenvalue weighted by Gasteiger charge is 2.33. The summed E-state index contributed by atoms with van der Waals surface area (Å²) in [5, 5.41) is 3.12. The van der Waals surface area contributed by atoms with Crippen LogP contribution in [0.3, 0.4) is 0 Å². The number of carbonyl (C=O) groups excluding carboxylic acids is 1. The molecular weight excluding hydrogens is 421 g/mol. The van der Waals surface area contributed by atoms with E-state index < -0.39 is 17.6 Å². The average molecular weight is 439 g/mol. The lowest BCUT2D eigenvalue weighted by molar-refractivity contribution is -0.137. The summed E-state index contributed by atoms with van der Waals surface area (Å²) >= 11 is 5.95. The number of aromatic nitrogens is 2. The number of carbonyl (C=O) groups is 1. The van der Waals surface area contributed by atoms with Crippen LogP contribution in [-0.2, 0) is 17.5 Å². The predicted molar refractivity (Wildman–Crippen MR) is 108 cm³/mol. The number of likely N-dealkylation sites (N-methyl/N-ethyl adjacent to an activating group) is 1. The molecule has 0 aliphatic carbocycles. The number of halogens is 4. The van der Waals surface area contributed by atoms with Crippen molar-refractivity contribution in [1.82, 2.24) is 14.9 Å². The van der Waals surface area contributed by atoms with E-state index in [-0.39, 0.29) is 24.3 Å². The van der Waals surface area contributed by atoms with E-state index in [4.69, 9.17) is 11.6 Å². The van der Waals surface area contributed by atoms with Crippen LogP contribution in [0.2, 0.25) is 5.02 Å². The highest BCUT2D eigenvalue weighted by atomic mass is 35.5. The third-order valence-electron chi connectivity index (χ3n) is 4.41. The molecule has 0 aliphatic rings.